The topological polar surface area (TPSA) is 33.4 Å². The van der Waals surface area contributed by atoms with Gasteiger partial charge in [0.1, 0.15) is 5.76 Å². The fourth-order valence-electron chi connectivity index (χ4n) is 5.36. The molecule has 0 saturated heterocycles. The van der Waals surface area contributed by atoms with E-state index in [9.17, 15) is 5.11 Å². The summed E-state index contributed by atoms with van der Waals surface area (Å²) in [6.07, 6.45) is 6.92. The Labute approximate surface area is 134 Å². The molecule has 1 aromatic rings. The molecule has 1 heterocycles. The molecule has 1 N–H and O–H groups in total. The van der Waals surface area contributed by atoms with Crippen LogP contribution in [0.15, 0.2) is 28.9 Å². The van der Waals surface area contributed by atoms with Gasteiger partial charge in [-0.15, -0.1) is 0 Å². The van der Waals surface area contributed by atoms with Crippen LogP contribution in [-0.2, 0) is 6.42 Å². The Hall–Kier alpha value is -1.02. The molecular weight excluding hydrogens is 272 g/mol. The van der Waals surface area contributed by atoms with Crippen LogP contribution >= 0.6 is 0 Å². The minimum absolute atomic E-state index is 0.220. The van der Waals surface area contributed by atoms with E-state index in [-0.39, 0.29) is 11.5 Å². The summed E-state index contributed by atoms with van der Waals surface area (Å²) < 4.78 is 5.70. The summed E-state index contributed by atoms with van der Waals surface area (Å²) in [6, 6.07) is 2.03. The highest BCUT2D eigenvalue weighted by atomic mass is 16.3. The maximum Gasteiger partial charge on any atom is 0.107 e. The lowest BCUT2D eigenvalue weighted by Crippen LogP contribution is -2.53. The summed E-state index contributed by atoms with van der Waals surface area (Å²) in [5.74, 6) is 1.92. The highest BCUT2D eigenvalue weighted by Crippen LogP contribution is 2.61. The Morgan fingerprint density at radius 3 is 2.68 bits per heavy atom. The molecule has 22 heavy (non-hydrogen) atoms. The number of rotatable bonds is 2. The van der Waals surface area contributed by atoms with Gasteiger partial charge in [-0.25, -0.2) is 0 Å². The average Bonchev–Trinajstić information content (AvgIpc) is 2.83. The van der Waals surface area contributed by atoms with Crippen LogP contribution in [0.5, 0.6) is 0 Å². The van der Waals surface area contributed by atoms with Crippen LogP contribution in [0.25, 0.3) is 0 Å². The van der Waals surface area contributed by atoms with Crippen LogP contribution in [0.4, 0.5) is 0 Å². The minimum Gasteiger partial charge on any atom is -0.469 e. The van der Waals surface area contributed by atoms with E-state index in [4.69, 9.17) is 4.42 Å². The van der Waals surface area contributed by atoms with Gasteiger partial charge in [0, 0.05) is 6.42 Å². The molecule has 2 saturated carbocycles. The summed E-state index contributed by atoms with van der Waals surface area (Å²) in [4.78, 5) is 0. The molecule has 2 aliphatic rings. The molecule has 0 amide bonds. The Bertz CT molecular complexity index is 568. The smallest absolute Gasteiger partial charge is 0.107 e. The lowest BCUT2D eigenvalue weighted by Gasteiger charge is -2.59. The third-order valence-corrected chi connectivity index (χ3v) is 6.76. The van der Waals surface area contributed by atoms with Crippen LogP contribution in [0.3, 0.4) is 0 Å². The summed E-state index contributed by atoms with van der Waals surface area (Å²) >= 11 is 0. The van der Waals surface area contributed by atoms with Gasteiger partial charge in [-0.3, -0.25) is 0 Å². The minimum atomic E-state index is -0.365. The molecule has 2 fully saturated rings. The van der Waals surface area contributed by atoms with E-state index in [1.54, 1.807) is 6.26 Å². The zero-order chi connectivity index (χ0) is 16.1. The van der Waals surface area contributed by atoms with E-state index < -0.39 is 0 Å². The zero-order valence-corrected chi connectivity index (χ0v) is 14.5. The molecule has 0 radical (unpaired) electrons. The Balaban J connectivity index is 1.98. The first-order valence-corrected chi connectivity index (χ1v) is 8.65. The number of fused-ring (bicyclic) bond motifs is 1. The van der Waals surface area contributed by atoms with Crippen LogP contribution in [0.1, 0.15) is 57.8 Å². The van der Waals surface area contributed by atoms with Crippen molar-refractivity contribution >= 4 is 0 Å². The monoisotopic (exact) mass is 302 g/mol. The van der Waals surface area contributed by atoms with Crippen molar-refractivity contribution in [3.63, 3.8) is 0 Å². The number of hydrogen-bond acceptors (Lipinski definition) is 2. The summed E-state index contributed by atoms with van der Waals surface area (Å²) in [6.45, 7) is 13.6. The van der Waals surface area contributed by atoms with Gasteiger partial charge in [-0.2, -0.15) is 0 Å². The van der Waals surface area contributed by atoms with Crippen molar-refractivity contribution in [1.82, 2.24) is 0 Å². The molecule has 4 atom stereocenters. The van der Waals surface area contributed by atoms with Gasteiger partial charge < -0.3 is 9.52 Å². The van der Waals surface area contributed by atoms with E-state index in [0.29, 0.717) is 17.3 Å². The van der Waals surface area contributed by atoms with E-state index in [0.717, 1.165) is 24.2 Å². The normalized spacial score (nSPS) is 37.9. The van der Waals surface area contributed by atoms with Gasteiger partial charge in [0.2, 0.25) is 0 Å². The molecule has 2 aliphatic carbocycles. The van der Waals surface area contributed by atoms with Gasteiger partial charge >= 0.3 is 0 Å². The van der Waals surface area contributed by atoms with Gasteiger partial charge in [0.25, 0.3) is 0 Å². The van der Waals surface area contributed by atoms with Gasteiger partial charge in [-0.05, 0) is 66.1 Å². The van der Waals surface area contributed by atoms with Crippen LogP contribution in [0.2, 0.25) is 0 Å². The molecule has 122 valence electrons. The first-order chi connectivity index (χ1) is 10.3. The van der Waals surface area contributed by atoms with Gasteiger partial charge in [-0.1, -0.05) is 33.8 Å². The lowest BCUT2D eigenvalue weighted by molar-refractivity contribution is -0.0824. The summed E-state index contributed by atoms with van der Waals surface area (Å²) in [5.41, 5.74) is 2.75. The van der Waals surface area contributed by atoms with Crippen molar-refractivity contribution in [3.8, 4) is 0 Å². The Kier molecular flexibility index (Phi) is 3.79. The predicted octanol–water partition coefficient (Wildman–Crippen LogP) is 4.90. The van der Waals surface area contributed by atoms with Gasteiger partial charge in [0.05, 0.1) is 12.4 Å². The number of hydrogen-bond donors (Lipinski definition) is 1. The maximum absolute atomic E-state index is 10.6. The number of furan rings is 1. The van der Waals surface area contributed by atoms with Crippen LogP contribution < -0.4 is 0 Å². The van der Waals surface area contributed by atoms with Crippen molar-refractivity contribution < 1.29 is 9.52 Å². The number of aryl methyl sites for hydroxylation is 1. The third kappa shape index (κ3) is 2.36. The molecule has 4 unspecified atom stereocenters. The Morgan fingerprint density at radius 1 is 1.32 bits per heavy atom. The van der Waals surface area contributed by atoms with Crippen molar-refractivity contribution in [2.45, 2.75) is 65.9 Å². The second-order valence-electron chi connectivity index (χ2n) is 8.51. The first-order valence-electron chi connectivity index (χ1n) is 8.65. The fraction of sp³-hybridized carbons (Fsp3) is 0.700. The van der Waals surface area contributed by atoms with Crippen molar-refractivity contribution in [3.05, 3.63) is 35.8 Å². The second kappa shape index (κ2) is 5.26. The number of aliphatic hydroxyl groups excluding tert-OH is 1. The van der Waals surface area contributed by atoms with E-state index >= 15 is 0 Å². The highest BCUT2D eigenvalue weighted by molar-refractivity contribution is 5.24. The van der Waals surface area contributed by atoms with E-state index in [1.165, 1.54) is 24.8 Å². The molecule has 2 heteroatoms. The zero-order valence-electron chi connectivity index (χ0n) is 14.5. The van der Waals surface area contributed by atoms with E-state index in [2.05, 4.69) is 34.3 Å². The quantitative estimate of drug-likeness (QED) is 0.788. The molecule has 2 nitrogen and oxygen atoms in total. The van der Waals surface area contributed by atoms with Crippen LogP contribution in [-0.4, -0.2) is 11.2 Å². The molecule has 1 aromatic heterocycles. The average molecular weight is 302 g/mol. The summed E-state index contributed by atoms with van der Waals surface area (Å²) in [5, 5.41) is 10.6. The largest absolute Gasteiger partial charge is 0.469 e. The maximum atomic E-state index is 10.6. The predicted molar refractivity (Wildman–Crippen MR) is 89.6 cm³/mol. The van der Waals surface area contributed by atoms with Gasteiger partial charge in [0.15, 0.2) is 0 Å². The molecule has 0 aliphatic heterocycles. The molecule has 0 aromatic carbocycles. The second-order valence-corrected chi connectivity index (χ2v) is 8.51. The molecule has 0 bridgehead atoms. The third-order valence-electron chi connectivity index (χ3n) is 6.76. The van der Waals surface area contributed by atoms with Crippen molar-refractivity contribution in [1.29, 1.82) is 0 Å². The van der Waals surface area contributed by atoms with Crippen LogP contribution in [0, 0.1) is 29.6 Å². The highest BCUT2D eigenvalue weighted by Gasteiger charge is 2.55. The standard InChI is InChI=1S/C20H30O2/c1-13-7-10-22-17(13)11-15-14(2)16(21)12-18-19(3,4)8-6-9-20(15,18)5/h7,10,15-16,18,21H,2,6,8-9,11-12H2,1,3-5H3. The molecule has 3 rings (SSSR count). The SMILES string of the molecule is C=C1C(O)CC2C(C)(C)CCCC2(C)C1Cc1occc1C. The number of aliphatic hydroxyl groups is 1. The van der Waals surface area contributed by atoms with E-state index in [1.807, 2.05) is 6.07 Å². The van der Waals surface area contributed by atoms with Crippen molar-refractivity contribution in [2.24, 2.45) is 22.7 Å². The molecular formula is C20H30O2. The lowest BCUT2D eigenvalue weighted by atomic mass is 9.46. The van der Waals surface area contributed by atoms with Crippen molar-refractivity contribution in [2.75, 3.05) is 0 Å². The summed E-state index contributed by atoms with van der Waals surface area (Å²) in [7, 11) is 0. The first kappa shape index (κ1) is 15.9. The Morgan fingerprint density at radius 2 is 2.05 bits per heavy atom. The fourth-order valence-corrected chi connectivity index (χ4v) is 5.36. The molecule has 0 spiro atoms.